The first-order valence-corrected chi connectivity index (χ1v) is 11.9. The summed E-state index contributed by atoms with van der Waals surface area (Å²) >= 11 is 1.41. The van der Waals surface area contributed by atoms with Crippen LogP contribution in [0.25, 0.3) is 21.9 Å². The van der Waals surface area contributed by atoms with Crippen LogP contribution < -0.4 is 11.3 Å². The molecule has 3 aromatic heterocycles. The molecule has 0 aliphatic heterocycles. The molecule has 5 nitrogen and oxygen atoms in total. The largest absolute Gasteiger partial charge is 0.507 e. The van der Waals surface area contributed by atoms with Crippen LogP contribution in [0.3, 0.4) is 0 Å². The zero-order valence-electron chi connectivity index (χ0n) is 19.6. The molecule has 0 bridgehead atoms. The third-order valence-corrected chi connectivity index (χ3v) is 7.70. The Balaban J connectivity index is 1.89. The molecule has 6 heteroatoms. The van der Waals surface area contributed by atoms with Gasteiger partial charge in [-0.1, -0.05) is 6.07 Å². The third-order valence-electron chi connectivity index (χ3n) is 6.76. The lowest BCUT2D eigenvalue weighted by atomic mass is 9.86. The zero-order valence-corrected chi connectivity index (χ0v) is 20.4. The van der Waals surface area contributed by atoms with Crippen molar-refractivity contribution in [2.75, 3.05) is 0 Å². The number of aromatic hydroxyl groups is 1. The molecule has 1 atom stereocenters. The predicted octanol–water partition coefficient (Wildman–Crippen LogP) is 6.39. The third kappa shape index (κ3) is 3.37. The lowest BCUT2D eigenvalue weighted by molar-refractivity contribution is 0.454. The molecular weight excluding hydrogens is 448 g/mol. The average molecular weight is 473 g/mol. The average Bonchev–Trinajstić information content (AvgIpc) is 3.30. The molecule has 1 unspecified atom stereocenters. The van der Waals surface area contributed by atoms with Crippen molar-refractivity contribution in [3.05, 3.63) is 106 Å². The van der Waals surface area contributed by atoms with Crippen LogP contribution in [0.5, 0.6) is 5.75 Å². The van der Waals surface area contributed by atoms with Gasteiger partial charge in [0.15, 0.2) is 0 Å². The summed E-state index contributed by atoms with van der Waals surface area (Å²) in [6, 6.07) is 11.1. The topological polar surface area (TPSA) is 80.7 Å². The molecule has 172 valence electrons. The highest BCUT2D eigenvalue weighted by atomic mass is 32.1. The van der Waals surface area contributed by atoms with Crippen LogP contribution in [0.2, 0.25) is 0 Å². The van der Waals surface area contributed by atoms with Gasteiger partial charge in [-0.05, 0) is 98.1 Å². The van der Waals surface area contributed by atoms with Gasteiger partial charge in [0.1, 0.15) is 16.9 Å². The van der Waals surface area contributed by atoms with Crippen molar-refractivity contribution < 1.29 is 13.9 Å². The first-order chi connectivity index (χ1) is 16.2. The SMILES string of the molecule is Cc1cc2oc(=O)c(C(c3cccs3)c3c(O)c4cc(C)c(C)cc4oc3=O)c(C)c2cc1C. The molecule has 2 aromatic carbocycles. The molecule has 0 spiro atoms. The van der Waals surface area contributed by atoms with Gasteiger partial charge in [-0.15, -0.1) is 11.3 Å². The van der Waals surface area contributed by atoms with Crippen molar-refractivity contribution in [1.82, 2.24) is 0 Å². The Labute approximate surface area is 199 Å². The molecule has 0 saturated carbocycles. The molecular formula is C28H24O5S. The van der Waals surface area contributed by atoms with Crippen molar-refractivity contribution in [3.8, 4) is 5.75 Å². The summed E-state index contributed by atoms with van der Waals surface area (Å²) in [5, 5.41) is 14.5. The van der Waals surface area contributed by atoms with Crippen molar-refractivity contribution >= 4 is 33.3 Å². The van der Waals surface area contributed by atoms with Crippen molar-refractivity contribution in [3.63, 3.8) is 0 Å². The number of hydrogen-bond donors (Lipinski definition) is 1. The Morgan fingerprint density at radius 1 is 0.765 bits per heavy atom. The van der Waals surface area contributed by atoms with E-state index in [1.807, 2.05) is 64.3 Å². The van der Waals surface area contributed by atoms with Gasteiger partial charge in [0.05, 0.1) is 22.4 Å². The maximum Gasteiger partial charge on any atom is 0.344 e. The molecule has 0 amide bonds. The Morgan fingerprint density at radius 2 is 1.29 bits per heavy atom. The summed E-state index contributed by atoms with van der Waals surface area (Å²) in [6.07, 6.45) is 0. The van der Waals surface area contributed by atoms with Crippen LogP contribution in [0.4, 0.5) is 0 Å². The lowest BCUT2D eigenvalue weighted by Gasteiger charge is -2.19. The van der Waals surface area contributed by atoms with E-state index in [9.17, 15) is 14.7 Å². The van der Waals surface area contributed by atoms with Crippen LogP contribution in [0.15, 0.2) is 60.2 Å². The van der Waals surface area contributed by atoms with Crippen molar-refractivity contribution in [2.24, 2.45) is 0 Å². The zero-order chi connectivity index (χ0) is 24.3. The number of hydrogen-bond acceptors (Lipinski definition) is 6. The Bertz CT molecular complexity index is 1590. The molecule has 1 N–H and O–H groups in total. The van der Waals surface area contributed by atoms with Gasteiger partial charge >= 0.3 is 11.3 Å². The minimum Gasteiger partial charge on any atom is -0.507 e. The number of fused-ring (bicyclic) bond motifs is 2. The van der Waals surface area contributed by atoms with Gasteiger partial charge in [0.2, 0.25) is 0 Å². The maximum atomic E-state index is 13.4. The van der Waals surface area contributed by atoms with E-state index in [0.29, 0.717) is 27.7 Å². The highest BCUT2D eigenvalue weighted by Gasteiger charge is 2.32. The fourth-order valence-electron chi connectivity index (χ4n) is 4.55. The van der Waals surface area contributed by atoms with Crippen LogP contribution in [-0.4, -0.2) is 5.11 Å². The van der Waals surface area contributed by atoms with Gasteiger partial charge in [-0.3, -0.25) is 0 Å². The molecule has 5 aromatic rings. The summed E-state index contributed by atoms with van der Waals surface area (Å²) in [4.78, 5) is 27.4. The smallest absolute Gasteiger partial charge is 0.344 e. The summed E-state index contributed by atoms with van der Waals surface area (Å²) in [5.41, 5.74) is 4.69. The first-order valence-electron chi connectivity index (χ1n) is 11.0. The highest BCUT2D eigenvalue weighted by Crippen LogP contribution is 2.41. The second kappa shape index (κ2) is 7.99. The van der Waals surface area contributed by atoms with Crippen LogP contribution in [0, 0.1) is 34.6 Å². The summed E-state index contributed by atoms with van der Waals surface area (Å²) in [7, 11) is 0. The Hall–Kier alpha value is -3.64. The molecule has 34 heavy (non-hydrogen) atoms. The van der Waals surface area contributed by atoms with Gasteiger partial charge in [0, 0.05) is 10.3 Å². The highest BCUT2D eigenvalue weighted by molar-refractivity contribution is 7.10. The van der Waals surface area contributed by atoms with E-state index in [1.54, 1.807) is 12.1 Å². The second-order valence-electron chi connectivity index (χ2n) is 8.89. The maximum absolute atomic E-state index is 13.4. The lowest BCUT2D eigenvalue weighted by Crippen LogP contribution is -2.22. The molecule has 5 rings (SSSR count). The Morgan fingerprint density at radius 3 is 1.88 bits per heavy atom. The number of aryl methyl sites for hydroxylation is 5. The molecule has 0 aliphatic rings. The van der Waals surface area contributed by atoms with Gasteiger partial charge in [-0.2, -0.15) is 0 Å². The van der Waals surface area contributed by atoms with E-state index in [4.69, 9.17) is 8.83 Å². The fourth-order valence-corrected chi connectivity index (χ4v) is 5.39. The monoisotopic (exact) mass is 472 g/mol. The van der Waals surface area contributed by atoms with Crippen LogP contribution in [-0.2, 0) is 0 Å². The molecule has 0 fully saturated rings. The van der Waals surface area contributed by atoms with E-state index < -0.39 is 17.2 Å². The predicted molar refractivity (Wildman–Crippen MR) is 136 cm³/mol. The van der Waals surface area contributed by atoms with Gasteiger partial charge in [-0.25, -0.2) is 9.59 Å². The first kappa shape index (κ1) is 22.2. The van der Waals surface area contributed by atoms with E-state index in [-0.39, 0.29) is 11.3 Å². The summed E-state index contributed by atoms with van der Waals surface area (Å²) < 4.78 is 11.4. The van der Waals surface area contributed by atoms with E-state index in [0.717, 1.165) is 32.5 Å². The minimum atomic E-state index is -0.829. The van der Waals surface area contributed by atoms with E-state index in [1.165, 1.54) is 11.3 Å². The number of benzene rings is 2. The van der Waals surface area contributed by atoms with E-state index in [2.05, 4.69) is 0 Å². The van der Waals surface area contributed by atoms with Crippen LogP contribution in [0.1, 0.15) is 49.7 Å². The fraction of sp³-hybridized carbons (Fsp3) is 0.214. The molecule has 3 heterocycles. The van der Waals surface area contributed by atoms with Crippen LogP contribution >= 0.6 is 11.3 Å². The second-order valence-corrected chi connectivity index (χ2v) is 9.87. The van der Waals surface area contributed by atoms with Crippen molar-refractivity contribution in [2.45, 2.75) is 40.5 Å². The van der Waals surface area contributed by atoms with Gasteiger partial charge < -0.3 is 13.9 Å². The molecule has 0 saturated heterocycles. The quantitative estimate of drug-likeness (QED) is 0.308. The normalized spacial score (nSPS) is 12.5. The summed E-state index contributed by atoms with van der Waals surface area (Å²) in [5.74, 6) is -1.00. The standard InChI is InChI=1S/C28H24O5S/c1-13-9-18-17(5)23(27(30)32-20(18)11-15(13)3)24(22-7-6-8-34-22)25-26(29)19-10-14(2)16(4)12-21(19)33-28(25)31/h6-12,24,29H,1-5H3. The van der Waals surface area contributed by atoms with Crippen molar-refractivity contribution in [1.29, 1.82) is 0 Å². The molecule has 0 radical (unpaired) electrons. The molecule has 0 aliphatic carbocycles. The summed E-state index contributed by atoms with van der Waals surface area (Å²) in [6.45, 7) is 9.68. The Kier molecular flexibility index (Phi) is 5.21. The van der Waals surface area contributed by atoms with Gasteiger partial charge in [0.25, 0.3) is 0 Å². The minimum absolute atomic E-state index is 0.0387. The number of thiophene rings is 1. The van der Waals surface area contributed by atoms with E-state index >= 15 is 0 Å². The number of rotatable bonds is 3.